The van der Waals surface area contributed by atoms with Crippen LogP contribution in [0.5, 0.6) is 0 Å². The molecule has 0 fully saturated rings. The minimum atomic E-state index is 1.36. The van der Waals surface area contributed by atoms with Crippen LogP contribution in [0.2, 0.25) is 0 Å². The normalized spacial score (nSPS) is 15.2. The van der Waals surface area contributed by atoms with Crippen molar-refractivity contribution >= 4 is 0 Å². The van der Waals surface area contributed by atoms with Crippen molar-refractivity contribution in [3.63, 3.8) is 0 Å². The van der Waals surface area contributed by atoms with Gasteiger partial charge >= 0.3 is 0 Å². The fourth-order valence-corrected chi connectivity index (χ4v) is 1.92. The monoisotopic (exact) mass is 180 g/mol. The first kappa shape index (κ1) is 10.8. The summed E-state index contributed by atoms with van der Waals surface area (Å²) < 4.78 is 0. The molecule has 0 bridgehead atoms. The van der Waals surface area contributed by atoms with E-state index in [-0.39, 0.29) is 0 Å². The highest BCUT2D eigenvalue weighted by Crippen LogP contribution is 2.38. The molecule has 1 rings (SSSR count). The van der Waals surface area contributed by atoms with Gasteiger partial charge in [0.15, 0.2) is 0 Å². The maximum absolute atomic E-state index is 2.28. The van der Waals surface area contributed by atoms with Crippen LogP contribution in [0.15, 0.2) is 11.1 Å². The molecule has 0 amide bonds. The summed E-state index contributed by atoms with van der Waals surface area (Å²) in [5.41, 5.74) is 3.62. The molecular weight excluding hydrogens is 156 g/mol. The molecule has 0 saturated carbocycles. The van der Waals surface area contributed by atoms with Crippen molar-refractivity contribution in [3.05, 3.63) is 11.1 Å². The molecule has 0 N–H and O–H groups in total. The van der Waals surface area contributed by atoms with E-state index in [2.05, 4.69) is 13.8 Å². The summed E-state index contributed by atoms with van der Waals surface area (Å²) in [5.74, 6) is 0. The Balaban J connectivity index is 1.97. The Bertz CT molecular complexity index is 147. The van der Waals surface area contributed by atoms with Crippen molar-refractivity contribution in [1.29, 1.82) is 0 Å². The summed E-state index contributed by atoms with van der Waals surface area (Å²) >= 11 is 0. The number of unbranched alkanes of at least 4 members (excludes halogenated alkanes) is 4. The molecular formula is C13H24. The van der Waals surface area contributed by atoms with Gasteiger partial charge in [-0.05, 0) is 32.1 Å². The lowest BCUT2D eigenvalue weighted by atomic mass is 10.1. The van der Waals surface area contributed by atoms with Crippen LogP contribution in [-0.2, 0) is 0 Å². The zero-order valence-corrected chi connectivity index (χ0v) is 9.36. The molecule has 13 heavy (non-hydrogen) atoms. The molecule has 76 valence electrons. The third kappa shape index (κ3) is 4.50. The van der Waals surface area contributed by atoms with E-state index in [1.54, 1.807) is 0 Å². The Morgan fingerprint density at radius 3 is 1.62 bits per heavy atom. The van der Waals surface area contributed by atoms with E-state index in [4.69, 9.17) is 0 Å². The van der Waals surface area contributed by atoms with Crippen LogP contribution < -0.4 is 0 Å². The van der Waals surface area contributed by atoms with Crippen LogP contribution in [0.25, 0.3) is 0 Å². The Labute approximate surface area is 83.4 Å². The summed E-state index contributed by atoms with van der Waals surface area (Å²) in [6.07, 6.45) is 12.7. The summed E-state index contributed by atoms with van der Waals surface area (Å²) in [6, 6.07) is 0. The topological polar surface area (TPSA) is 0 Å². The maximum Gasteiger partial charge on any atom is -0.0103 e. The molecule has 1 aliphatic rings. The van der Waals surface area contributed by atoms with Crippen molar-refractivity contribution < 1.29 is 0 Å². The van der Waals surface area contributed by atoms with E-state index < -0.39 is 0 Å². The quantitative estimate of drug-likeness (QED) is 0.370. The van der Waals surface area contributed by atoms with Gasteiger partial charge in [-0.1, -0.05) is 50.7 Å². The van der Waals surface area contributed by atoms with Crippen molar-refractivity contribution in [3.8, 4) is 0 Å². The molecule has 0 aromatic heterocycles. The zero-order chi connectivity index (χ0) is 9.52. The van der Waals surface area contributed by atoms with Gasteiger partial charge < -0.3 is 0 Å². The first-order valence-corrected chi connectivity index (χ1v) is 6.08. The third-order valence-corrected chi connectivity index (χ3v) is 2.97. The lowest BCUT2D eigenvalue weighted by Crippen LogP contribution is -1.73. The minimum absolute atomic E-state index is 1.36. The summed E-state index contributed by atoms with van der Waals surface area (Å²) in [5, 5.41) is 0. The maximum atomic E-state index is 2.28. The molecule has 0 radical (unpaired) electrons. The summed E-state index contributed by atoms with van der Waals surface area (Å²) in [7, 11) is 0. The number of hydrogen-bond donors (Lipinski definition) is 0. The minimum Gasteiger partial charge on any atom is -0.0666 e. The van der Waals surface area contributed by atoms with Gasteiger partial charge in [0.05, 0.1) is 0 Å². The number of allylic oxidation sites excluding steroid dienone is 2. The van der Waals surface area contributed by atoms with Crippen LogP contribution in [0, 0.1) is 0 Å². The van der Waals surface area contributed by atoms with Gasteiger partial charge in [-0.15, -0.1) is 0 Å². The van der Waals surface area contributed by atoms with E-state index in [1.807, 2.05) is 11.1 Å². The van der Waals surface area contributed by atoms with Crippen LogP contribution in [0.4, 0.5) is 0 Å². The molecule has 0 aliphatic heterocycles. The molecule has 0 aromatic rings. The lowest BCUT2D eigenvalue weighted by Gasteiger charge is -1.92. The van der Waals surface area contributed by atoms with Crippen molar-refractivity contribution in [2.45, 2.75) is 71.6 Å². The van der Waals surface area contributed by atoms with Crippen molar-refractivity contribution in [1.82, 2.24) is 0 Å². The Morgan fingerprint density at radius 2 is 1.23 bits per heavy atom. The molecule has 0 heteroatoms. The SMILES string of the molecule is CCCCCC1=C(CCCCC)C1. The third-order valence-electron chi connectivity index (χ3n) is 2.97. The average molecular weight is 180 g/mol. The molecule has 0 atom stereocenters. The highest BCUT2D eigenvalue weighted by molar-refractivity contribution is 5.34. The fraction of sp³-hybridized carbons (Fsp3) is 0.846. The second-order valence-corrected chi connectivity index (χ2v) is 4.30. The number of hydrogen-bond acceptors (Lipinski definition) is 0. The first-order chi connectivity index (χ1) is 6.38. The Hall–Kier alpha value is -0.260. The van der Waals surface area contributed by atoms with Crippen LogP contribution in [0.1, 0.15) is 71.6 Å². The molecule has 1 aliphatic carbocycles. The Kier molecular flexibility index (Phi) is 5.19. The molecule has 0 unspecified atom stereocenters. The van der Waals surface area contributed by atoms with Crippen molar-refractivity contribution in [2.24, 2.45) is 0 Å². The number of rotatable bonds is 8. The highest BCUT2D eigenvalue weighted by atomic mass is 14.2. The van der Waals surface area contributed by atoms with Crippen molar-refractivity contribution in [2.75, 3.05) is 0 Å². The van der Waals surface area contributed by atoms with E-state index in [0.717, 1.165) is 0 Å². The zero-order valence-electron chi connectivity index (χ0n) is 9.36. The Morgan fingerprint density at radius 1 is 0.769 bits per heavy atom. The molecule has 0 nitrogen and oxygen atoms in total. The first-order valence-electron chi connectivity index (χ1n) is 6.08. The van der Waals surface area contributed by atoms with Gasteiger partial charge in [0.25, 0.3) is 0 Å². The predicted octanol–water partition coefficient (Wildman–Crippen LogP) is 4.85. The van der Waals surface area contributed by atoms with Gasteiger partial charge in [0.1, 0.15) is 0 Å². The van der Waals surface area contributed by atoms with E-state index in [1.165, 1.54) is 57.8 Å². The van der Waals surface area contributed by atoms with Crippen LogP contribution >= 0.6 is 0 Å². The largest absolute Gasteiger partial charge is 0.0666 e. The predicted molar refractivity (Wildman–Crippen MR) is 59.9 cm³/mol. The van der Waals surface area contributed by atoms with E-state index in [0.29, 0.717) is 0 Å². The average Bonchev–Trinajstić information content (AvgIpc) is 2.85. The summed E-state index contributed by atoms with van der Waals surface area (Å²) in [6.45, 7) is 4.56. The second-order valence-electron chi connectivity index (χ2n) is 4.30. The van der Waals surface area contributed by atoms with Gasteiger partial charge in [-0.25, -0.2) is 0 Å². The second kappa shape index (κ2) is 6.23. The van der Waals surface area contributed by atoms with E-state index in [9.17, 15) is 0 Å². The highest BCUT2D eigenvalue weighted by Gasteiger charge is 2.18. The van der Waals surface area contributed by atoms with Gasteiger partial charge in [0, 0.05) is 0 Å². The molecule has 0 heterocycles. The standard InChI is InChI=1S/C13H24/c1-3-5-7-9-12-11-13(12)10-8-6-4-2/h3-11H2,1-2H3. The van der Waals surface area contributed by atoms with Gasteiger partial charge in [-0.3, -0.25) is 0 Å². The van der Waals surface area contributed by atoms with E-state index >= 15 is 0 Å². The molecule has 0 saturated heterocycles. The van der Waals surface area contributed by atoms with Gasteiger partial charge in [0.2, 0.25) is 0 Å². The van der Waals surface area contributed by atoms with Crippen LogP contribution in [0.3, 0.4) is 0 Å². The van der Waals surface area contributed by atoms with Gasteiger partial charge in [-0.2, -0.15) is 0 Å². The lowest BCUT2D eigenvalue weighted by molar-refractivity contribution is 0.715. The molecule has 0 spiro atoms. The smallest absolute Gasteiger partial charge is 0.0103 e. The van der Waals surface area contributed by atoms with Crippen LogP contribution in [-0.4, -0.2) is 0 Å². The molecule has 0 aromatic carbocycles. The summed E-state index contributed by atoms with van der Waals surface area (Å²) in [4.78, 5) is 0. The fourth-order valence-electron chi connectivity index (χ4n) is 1.92.